The van der Waals surface area contributed by atoms with Gasteiger partial charge in [-0.2, -0.15) is 5.10 Å². The maximum atomic E-state index is 12.3. The quantitative estimate of drug-likeness (QED) is 0.882. The minimum absolute atomic E-state index is 0.00926. The van der Waals surface area contributed by atoms with Crippen LogP contribution in [-0.2, 0) is 22.9 Å². The first-order chi connectivity index (χ1) is 9.42. The molecular weight excluding hydrogens is 276 g/mol. The van der Waals surface area contributed by atoms with E-state index in [4.69, 9.17) is 5.73 Å². The Morgan fingerprint density at radius 2 is 2.05 bits per heavy atom. The lowest BCUT2D eigenvalue weighted by Crippen LogP contribution is -2.15. The molecule has 0 bridgehead atoms. The number of sulfone groups is 1. The summed E-state index contributed by atoms with van der Waals surface area (Å²) in [7, 11) is -3.34. The highest BCUT2D eigenvalue weighted by molar-refractivity contribution is 7.91. The van der Waals surface area contributed by atoms with Gasteiger partial charge in [-0.15, -0.1) is 0 Å². The summed E-state index contributed by atoms with van der Waals surface area (Å²) >= 11 is 0. The predicted octanol–water partition coefficient (Wildman–Crippen LogP) is 0.828. The number of nitrogens with zero attached hydrogens (tertiary/aromatic N) is 3. The summed E-state index contributed by atoms with van der Waals surface area (Å²) in [5.74, 6) is 1.35. The van der Waals surface area contributed by atoms with Crippen LogP contribution < -0.4 is 5.73 Å². The van der Waals surface area contributed by atoms with Gasteiger partial charge in [0.1, 0.15) is 11.6 Å². The van der Waals surface area contributed by atoms with Gasteiger partial charge in [0.05, 0.1) is 17.2 Å². The normalized spacial score (nSPS) is 11.8. The second-order valence-corrected chi connectivity index (χ2v) is 6.71. The number of hydrogen-bond donors (Lipinski definition) is 1. The first kappa shape index (κ1) is 14.7. The summed E-state index contributed by atoms with van der Waals surface area (Å²) in [4.78, 5) is 4.45. The zero-order valence-corrected chi connectivity index (χ0v) is 12.4. The van der Waals surface area contributed by atoms with E-state index in [0.717, 1.165) is 5.56 Å². The lowest BCUT2D eigenvalue weighted by Gasteiger charge is -2.07. The summed E-state index contributed by atoms with van der Waals surface area (Å²) in [6.45, 7) is 4.21. The highest BCUT2D eigenvalue weighted by atomic mass is 32.2. The van der Waals surface area contributed by atoms with Crippen molar-refractivity contribution in [2.75, 3.05) is 5.75 Å². The van der Waals surface area contributed by atoms with Crippen LogP contribution in [0, 0.1) is 13.8 Å². The molecule has 0 radical (unpaired) electrons. The third-order valence-electron chi connectivity index (χ3n) is 3.03. The Kier molecular flexibility index (Phi) is 4.20. The second-order valence-electron chi connectivity index (χ2n) is 4.60. The fourth-order valence-electron chi connectivity index (χ4n) is 1.96. The van der Waals surface area contributed by atoms with Crippen LogP contribution in [0.2, 0.25) is 0 Å². The van der Waals surface area contributed by atoms with E-state index in [1.54, 1.807) is 29.8 Å². The number of aryl methyl sites for hydroxylation is 3. The zero-order chi connectivity index (χ0) is 14.8. The molecule has 0 aliphatic heterocycles. The number of hydrogen-bond acceptors (Lipinski definition) is 5. The summed E-state index contributed by atoms with van der Waals surface area (Å²) in [6, 6.07) is 6.73. The number of aromatic nitrogens is 3. The number of rotatable bonds is 5. The van der Waals surface area contributed by atoms with Crippen LogP contribution in [0.5, 0.6) is 0 Å². The van der Waals surface area contributed by atoms with E-state index in [1.807, 2.05) is 13.0 Å². The molecule has 0 fully saturated rings. The number of benzene rings is 1. The van der Waals surface area contributed by atoms with Crippen molar-refractivity contribution in [1.82, 2.24) is 14.8 Å². The van der Waals surface area contributed by atoms with Crippen molar-refractivity contribution >= 4 is 9.84 Å². The third kappa shape index (κ3) is 3.23. The van der Waals surface area contributed by atoms with Gasteiger partial charge in [0.15, 0.2) is 9.84 Å². The van der Waals surface area contributed by atoms with Gasteiger partial charge in [-0.25, -0.2) is 18.1 Å². The molecule has 1 aromatic carbocycles. The zero-order valence-electron chi connectivity index (χ0n) is 11.6. The molecule has 0 saturated carbocycles. The molecule has 0 saturated heterocycles. The first-order valence-electron chi connectivity index (χ1n) is 6.32. The average Bonchev–Trinajstić information content (AvgIpc) is 2.75. The smallest absolute Gasteiger partial charge is 0.180 e. The Morgan fingerprint density at radius 1 is 1.30 bits per heavy atom. The summed E-state index contributed by atoms with van der Waals surface area (Å²) in [5.41, 5.74) is 6.34. The van der Waals surface area contributed by atoms with Crippen molar-refractivity contribution in [2.45, 2.75) is 31.8 Å². The maximum Gasteiger partial charge on any atom is 0.180 e. The van der Waals surface area contributed by atoms with Crippen molar-refractivity contribution in [3.8, 4) is 0 Å². The SMILES string of the molecule is Cc1nc(C)n(CCS(=O)(=O)c2cccc(CN)c2)n1. The van der Waals surface area contributed by atoms with Crippen molar-refractivity contribution in [2.24, 2.45) is 5.73 Å². The van der Waals surface area contributed by atoms with Crippen molar-refractivity contribution in [3.63, 3.8) is 0 Å². The molecule has 0 unspecified atom stereocenters. The van der Waals surface area contributed by atoms with Crippen LogP contribution in [0.25, 0.3) is 0 Å². The van der Waals surface area contributed by atoms with Crippen LogP contribution in [-0.4, -0.2) is 28.9 Å². The summed E-state index contributed by atoms with van der Waals surface area (Å²) < 4.78 is 26.2. The van der Waals surface area contributed by atoms with Gasteiger partial charge in [0.2, 0.25) is 0 Å². The first-order valence-corrected chi connectivity index (χ1v) is 7.97. The van der Waals surface area contributed by atoms with Gasteiger partial charge in [0.25, 0.3) is 0 Å². The molecule has 0 atom stereocenters. The molecule has 0 aliphatic carbocycles. The van der Waals surface area contributed by atoms with Crippen LogP contribution in [0.1, 0.15) is 17.2 Å². The standard InChI is InChI=1S/C13H18N4O2S/c1-10-15-11(2)17(16-10)6-7-20(18,19)13-5-3-4-12(8-13)9-14/h3-5,8H,6-7,9,14H2,1-2H3. The average molecular weight is 294 g/mol. The van der Waals surface area contributed by atoms with Crippen LogP contribution >= 0.6 is 0 Å². The van der Waals surface area contributed by atoms with Gasteiger partial charge < -0.3 is 5.73 Å². The largest absolute Gasteiger partial charge is 0.326 e. The lowest BCUT2D eigenvalue weighted by atomic mass is 10.2. The van der Waals surface area contributed by atoms with E-state index in [0.29, 0.717) is 29.6 Å². The topological polar surface area (TPSA) is 90.9 Å². The van der Waals surface area contributed by atoms with E-state index >= 15 is 0 Å². The van der Waals surface area contributed by atoms with Crippen LogP contribution in [0.3, 0.4) is 0 Å². The van der Waals surface area contributed by atoms with Gasteiger partial charge >= 0.3 is 0 Å². The highest BCUT2D eigenvalue weighted by Gasteiger charge is 2.16. The molecule has 0 spiro atoms. The van der Waals surface area contributed by atoms with Gasteiger partial charge in [-0.1, -0.05) is 12.1 Å². The Bertz CT molecular complexity index is 707. The highest BCUT2D eigenvalue weighted by Crippen LogP contribution is 2.13. The van der Waals surface area contributed by atoms with Crippen LogP contribution in [0.4, 0.5) is 0 Å². The van der Waals surface area contributed by atoms with E-state index in [-0.39, 0.29) is 5.75 Å². The Balaban J connectivity index is 2.17. The summed E-state index contributed by atoms with van der Waals surface area (Å²) in [6.07, 6.45) is 0. The summed E-state index contributed by atoms with van der Waals surface area (Å²) in [5, 5.41) is 4.16. The lowest BCUT2D eigenvalue weighted by molar-refractivity contribution is 0.575. The Labute approximate surface area is 118 Å². The third-order valence-corrected chi connectivity index (χ3v) is 4.72. The van der Waals surface area contributed by atoms with E-state index in [1.165, 1.54) is 0 Å². The minimum atomic E-state index is -3.34. The molecule has 2 rings (SSSR count). The van der Waals surface area contributed by atoms with E-state index < -0.39 is 9.84 Å². The fourth-order valence-corrected chi connectivity index (χ4v) is 3.23. The van der Waals surface area contributed by atoms with Gasteiger partial charge in [-0.05, 0) is 31.5 Å². The van der Waals surface area contributed by atoms with Crippen LogP contribution in [0.15, 0.2) is 29.2 Å². The molecule has 0 amide bonds. The molecule has 108 valence electrons. The van der Waals surface area contributed by atoms with Crippen molar-refractivity contribution in [3.05, 3.63) is 41.5 Å². The van der Waals surface area contributed by atoms with Gasteiger partial charge in [-0.3, -0.25) is 0 Å². The maximum absolute atomic E-state index is 12.3. The predicted molar refractivity (Wildman–Crippen MR) is 75.9 cm³/mol. The molecule has 2 aromatic rings. The Hall–Kier alpha value is -1.73. The molecule has 1 heterocycles. The number of nitrogens with two attached hydrogens (primary N) is 1. The second kappa shape index (κ2) is 5.72. The monoisotopic (exact) mass is 294 g/mol. The van der Waals surface area contributed by atoms with Crippen molar-refractivity contribution in [1.29, 1.82) is 0 Å². The molecule has 7 heteroatoms. The molecule has 2 N–H and O–H groups in total. The molecule has 1 aromatic heterocycles. The molecule has 6 nitrogen and oxygen atoms in total. The van der Waals surface area contributed by atoms with Crippen molar-refractivity contribution < 1.29 is 8.42 Å². The minimum Gasteiger partial charge on any atom is -0.326 e. The Morgan fingerprint density at radius 3 is 2.65 bits per heavy atom. The molecular formula is C13H18N4O2S. The fraction of sp³-hybridized carbons (Fsp3) is 0.385. The van der Waals surface area contributed by atoms with E-state index in [2.05, 4.69) is 10.1 Å². The molecule has 20 heavy (non-hydrogen) atoms. The molecule has 0 aliphatic rings. The van der Waals surface area contributed by atoms with Gasteiger partial charge in [0, 0.05) is 6.54 Å². The van der Waals surface area contributed by atoms with E-state index in [9.17, 15) is 8.42 Å².